The molecule has 0 bridgehead atoms. The van der Waals surface area contributed by atoms with E-state index in [1.54, 1.807) is 28.8 Å². The molecule has 136 valence electrons. The van der Waals surface area contributed by atoms with Gasteiger partial charge < -0.3 is 11.1 Å². The van der Waals surface area contributed by atoms with Crippen molar-refractivity contribution in [3.8, 4) is 0 Å². The summed E-state index contributed by atoms with van der Waals surface area (Å²) in [4.78, 5) is 32.9. The molecule has 4 rings (SSSR count). The number of H-pyrrole nitrogens is 1. The Morgan fingerprint density at radius 1 is 1.30 bits per heavy atom. The lowest BCUT2D eigenvalue weighted by atomic mass is 10.1. The maximum atomic E-state index is 12.5. The fourth-order valence-electron chi connectivity index (χ4n) is 3.04. The standard InChI is InChI=1S/C18H17N7O2/c1-2-25-15-13(22-18(25)19)7-10(8-20-15)16(26)21-9-14-11-5-3-4-6-12(11)17(27)24-23-14/h3-8H,2,9H2,1H3,(H2,19,22)(H,21,26)(H,24,27). The normalized spacial score (nSPS) is 11.1. The summed E-state index contributed by atoms with van der Waals surface area (Å²) in [5.74, 6) is 0.0487. The molecule has 0 saturated heterocycles. The summed E-state index contributed by atoms with van der Waals surface area (Å²) in [7, 11) is 0. The highest BCUT2D eigenvalue weighted by atomic mass is 16.1. The number of imidazole rings is 1. The maximum absolute atomic E-state index is 12.5. The van der Waals surface area contributed by atoms with E-state index in [9.17, 15) is 9.59 Å². The number of carbonyl (C=O) groups excluding carboxylic acids is 1. The van der Waals surface area contributed by atoms with E-state index in [2.05, 4.69) is 25.5 Å². The number of nitrogens with one attached hydrogen (secondary N) is 2. The average Bonchev–Trinajstić information content (AvgIpc) is 3.01. The Balaban J connectivity index is 1.59. The number of carbonyl (C=O) groups is 1. The third-order valence-electron chi connectivity index (χ3n) is 4.38. The van der Waals surface area contributed by atoms with Crippen molar-refractivity contribution in [2.24, 2.45) is 0 Å². The van der Waals surface area contributed by atoms with Crippen LogP contribution >= 0.6 is 0 Å². The maximum Gasteiger partial charge on any atom is 0.272 e. The van der Waals surface area contributed by atoms with Gasteiger partial charge in [0.2, 0.25) is 5.95 Å². The number of hydrogen-bond acceptors (Lipinski definition) is 6. The van der Waals surface area contributed by atoms with Crippen LogP contribution in [0.15, 0.2) is 41.3 Å². The molecule has 3 aromatic heterocycles. The minimum atomic E-state index is -0.314. The van der Waals surface area contributed by atoms with Gasteiger partial charge in [0.25, 0.3) is 11.5 Å². The Hall–Kier alpha value is -3.75. The molecule has 0 aliphatic rings. The lowest BCUT2D eigenvalue weighted by molar-refractivity contribution is 0.0950. The highest BCUT2D eigenvalue weighted by molar-refractivity contribution is 5.96. The minimum Gasteiger partial charge on any atom is -0.369 e. The molecule has 9 heteroatoms. The van der Waals surface area contributed by atoms with Crippen LogP contribution in [0.2, 0.25) is 0 Å². The van der Waals surface area contributed by atoms with Crippen LogP contribution < -0.4 is 16.6 Å². The summed E-state index contributed by atoms with van der Waals surface area (Å²) in [6, 6.07) is 8.77. The van der Waals surface area contributed by atoms with Crippen molar-refractivity contribution in [2.45, 2.75) is 20.0 Å². The van der Waals surface area contributed by atoms with Gasteiger partial charge in [-0.05, 0) is 19.1 Å². The van der Waals surface area contributed by atoms with Gasteiger partial charge in [0.15, 0.2) is 5.65 Å². The topological polar surface area (TPSA) is 132 Å². The van der Waals surface area contributed by atoms with Gasteiger partial charge in [-0.15, -0.1) is 0 Å². The molecule has 0 spiro atoms. The number of aryl methyl sites for hydroxylation is 1. The van der Waals surface area contributed by atoms with Crippen molar-refractivity contribution in [3.05, 3.63) is 58.1 Å². The van der Waals surface area contributed by atoms with E-state index >= 15 is 0 Å². The predicted molar refractivity (Wildman–Crippen MR) is 101 cm³/mol. The molecular weight excluding hydrogens is 346 g/mol. The van der Waals surface area contributed by atoms with Gasteiger partial charge in [-0.2, -0.15) is 5.10 Å². The van der Waals surface area contributed by atoms with E-state index in [-0.39, 0.29) is 18.0 Å². The number of benzene rings is 1. The quantitative estimate of drug-likeness (QED) is 0.499. The fourth-order valence-corrected chi connectivity index (χ4v) is 3.04. The molecule has 4 N–H and O–H groups in total. The molecule has 0 atom stereocenters. The number of hydrogen-bond donors (Lipinski definition) is 3. The van der Waals surface area contributed by atoms with Crippen molar-refractivity contribution < 1.29 is 4.79 Å². The first-order chi connectivity index (χ1) is 13.1. The number of fused-ring (bicyclic) bond motifs is 2. The molecular formula is C18H17N7O2. The number of nitrogen functional groups attached to an aromatic ring is 1. The van der Waals surface area contributed by atoms with E-state index in [0.717, 1.165) is 0 Å². The molecule has 0 fully saturated rings. The van der Waals surface area contributed by atoms with Crippen molar-refractivity contribution in [1.29, 1.82) is 0 Å². The van der Waals surface area contributed by atoms with Gasteiger partial charge in [-0.1, -0.05) is 18.2 Å². The number of nitrogens with zero attached hydrogens (tertiary/aromatic N) is 4. The molecule has 1 aromatic carbocycles. The van der Waals surface area contributed by atoms with Crippen molar-refractivity contribution >= 4 is 33.8 Å². The third-order valence-corrected chi connectivity index (χ3v) is 4.38. The Morgan fingerprint density at radius 2 is 2.07 bits per heavy atom. The molecule has 0 unspecified atom stereocenters. The van der Waals surface area contributed by atoms with Crippen LogP contribution in [0.25, 0.3) is 21.9 Å². The predicted octanol–water partition coefficient (Wildman–Crippen LogP) is 1.20. The van der Waals surface area contributed by atoms with Gasteiger partial charge in [0, 0.05) is 18.1 Å². The van der Waals surface area contributed by atoms with Crippen LogP contribution in [0.1, 0.15) is 23.0 Å². The van der Waals surface area contributed by atoms with Crippen molar-refractivity contribution in [1.82, 2.24) is 30.0 Å². The zero-order valence-electron chi connectivity index (χ0n) is 14.6. The minimum absolute atomic E-state index is 0.166. The van der Waals surface area contributed by atoms with E-state index in [1.807, 2.05) is 13.0 Å². The lowest BCUT2D eigenvalue weighted by Crippen LogP contribution is -2.24. The summed E-state index contributed by atoms with van der Waals surface area (Å²) in [6.45, 7) is 2.76. The van der Waals surface area contributed by atoms with Crippen LogP contribution in [0.4, 0.5) is 5.95 Å². The third kappa shape index (κ3) is 2.88. The first kappa shape index (κ1) is 16.7. The van der Waals surface area contributed by atoms with Gasteiger partial charge in [0.1, 0.15) is 5.52 Å². The van der Waals surface area contributed by atoms with E-state index in [4.69, 9.17) is 5.73 Å². The summed E-state index contributed by atoms with van der Waals surface area (Å²) >= 11 is 0. The summed E-state index contributed by atoms with van der Waals surface area (Å²) < 4.78 is 1.77. The smallest absolute Gasteiger partial charge is 0.272 e. The van der Waals surface area contributed by atoms with Crippen LogP contribution in [0.3, 0.4) is 0 Å². The Labute approximate surface area is 153 Å². The highest BCUT2D eigenvalue weighted by Crippen LogP contribution is 2.17. The number of anilines is 1. The zero-order chi connectivity index (χ0) is 19.0. The number of amides is 1. The van der Waals surface area contributed by atoms with Crippen LogP contribution in [0.5, 0.6) is 0 Å². The first-order valence-corrected chi connectivity index (χ1v) is 8.44. The molecule has 0 saturated carbocycles. The number of aromatic nitrogens is 5. The lowest BCUT2D eigenvalue weighted by Gasteiger charge is -2.07. The Kier molecular flexibility index (Phi) is 4.03. The molecule has 4 aromatic rings. The molecule has 27 heavy (non-hydrogen) atoms. The number of aromatic amines is 1. The monoisotopic (exact) mass is 363 g/mol. The summed E-state index contributed by atoms with van der Waals surface area (Å²) in [5.41, 5.74) is 7.75. The molecule has 0 aliphatic carbocycles. The van der Waals surface area contributed by atoms with E-state index in [1.165, 1.54) is 6.20 Å². The molecule has 1 amide bonds. The number of pyridine rings is 1. The molecule has 0 aliphatic heterocycles. The zero-order valence-corrected chi connectivity index (χ0v) is 14.6. The van der Waals surface area contributed by atoms with Gasteiger partial charge in [0.05, 0.1) is 23.2 Å². The SMILES string of the molecule is CCn1c(N)nc2cc(C(=O)NCc3n[nH]c(=O)c4ccccc34)cnc21. The van der Waals surface area contributed by atoms with Crippen molar-refractivity contribution in [3.63, 3.8) is 0 Å². The average molecular weight is 363 g/mol. The van der Waals surface area contributed by atoms with E-state index < -0.39 is 0 Å². The largest absolute Gasteiger partial charge is 0.369 e. The fraction of sp³-hybridized carbons (Fsp3) is 0.167. The summed E-state index contributed by atoms with van der Waals surface area (Å²) in [5, 5.41) is 10.5. The number of rotatable bonds is 4. The Morgan fingerprint density at radius 3 is 2.85 bits per heavy atom. The first-order valence-electron chi connectivity index (χ1n) is 8.44. The summed E-state index contributed by atoms with van der Waals surface area (Å²) in [6.07, 6.45) is 1.49. The molecule has 3 heterocycles. The molecule has 0 radical (unpaired) electrons. The molecule has 9 nitrogen and oxygen atoms in total. The van der Waals surface area contributed by atoms with Gasteiger partial charge in [-0.3, -0.25) is 14.2 Å². The highest BCUT2D eigenvalue weighted by Gasteiger charge is 2.13. The van der Waals surface area contributed by atoms with Crippen LogP contribution in [0, 0.1) is 0 Å². The Bertz CT molecular complexity index is 1230. The van der Waals surface area contributed by atoms with Crippen molar-refractivity contribution in [2.75, 3.05) is 5.73 Å². The van der Waals surface area contributed by atoms with E-state index in [0.29, 0.717) is 45.7 Å². The van der Waals surface area contributed by atoms with Crippen LogP contribution in [-0.2, 0) is 13.1 Å². The second-order valence-corrected chi connectivity index (χ2v) is 6.01. The second kappa shape index (κ2) is 6.52. The van der Waals surface area contributed by atoms with Gasteiger partial charge >= 0.3 is 0 Å². The number of nitrogens with two attached hydrogens (primary N) is 1. The van der Waals surface area contributed by atoms with Gasteiger partial charge in [-0.25, -0.2) is 15.1 Å². The van der Waals surface area contributed by atoms with Crippen LogP contribution in [-0.4, -0.2) is 30.6 Å². The second-order valence-electron chi connectivity index (χ2n) is 6.01.